The molecule has 1 saturated heterocycles. The van der Waals surface area contributed by atoms with Crippen LogP contribution in [0.2, 0.25) is 0 Å². The van der Waals surface area contributed by atoms with E-state index in [0.717, 1.165) is 42.8 Å². The first kappa shape index (κ1) is 16.8. The topological polar surface area (TPSA) is 45.7 Å². The number of hydrogen-bond donors (Lipinski definition) is 0. The highest BCUT2D eigenvalue weighted by Crippen LogP contribution is 2.26. The number of thiazole rings is 1. The molecule has 1 fully saturated rings. The Kier molecular flexibility index (Phi) is 5.35. The first-order valence-corrected chi connectivity index (χ1v) is 9.10. The van der Waals surface area contributed by atoms with Crippen LogP contribution in [0.15, 0.2) is 30.3 Å². The number of nitrogens with zero attached hydrogens (tertiary/aromatic N) is 3. The zero-order valence-electron chi connectivity index (χ0n) is 14.2. The molecule has 0 unspecified atom stereocenters. The van der Waals surface area contributed by atoms with E-state index in [1.807, 2.05) is 42.2 Å². The van der Waals surface area contributed by atoms with Crippen molar-refractivity contribution in [2.24, 2.45) is 0 Å². The molecule has 128 valence electrons. The second-order valence-electron chi connectivity index (χ2n) is 5.92. The molecule has 1 aliphatic rings. The van der Waals surface area contributed by atoms with Crippen molar-refractivity contribution in [2.75, 3.05) is 37.7 Å². The highest BCUT2D eigenvalue weighted by atomic mass is 32.1. The fourth-order valence-corrected chi connectivity index (χ4v) is 3.63. The summed E-state index contributed by atoms with van der Waals surface area (Å²) in [5, 5.41) is 1.07. The van der Waals surface area contributed by atoms with Crippen molar-refractivity contribution in [1.82, 2.24) is 9.88 Å². The van der Waals surface area contributed by atoms with Crippen LogP contribution in [0, 0.1) is 13.8 Å². The highest BCUT2D eigenvalue weighted by Gasteiger charge is 2.23. The Balaban J connectivity index is 1.43. The van der Waals surface area contributed by atoms with Gasteiger partial charge in [-0.05, 0) is 26.0 Å². The van der Waals surface area contributed by atoms with Crippen LogP contribution >= 0.6 is 11.3 Å². The number of carbonyl (C=O) groups is 1. The number of hydrogen-bond acceptors (Lipinski definition) is 5. The Bertz CT molecular complexity index is 659. The lowest BCUT2D eigenvalue weighted by Crippen LogP contribution is -2.49. The monoisotopic (exact) mass is 345 g/mol. The molecule has 1 amide bonds. The Morgan fingerprint density at radius 1 is 1.17 bits per heavy atom. The predicted molar refractivity (Wildman–Crippen MR) is 96.9 cm³/mol. The van der Waals surface area contributed by atoms with Crippen LogP contribution in [0.25, 0.3) is 0 Å². The van der Waals surface area contributed by atoms with Gasteiger partial charge in [0.2, 0.25) is 5.91 Å². The van der Waals surface area contributed by atoms with E-state index in [9.17, 15) is 4.79 Å². The molecule has 1 aliphatic heterocycles. The molecule has 0 radical (unpaired) electrons. The molecular weight excluding hydrogens is 322 g/mol. The van der Waals surface area contributed by atoms with Crippen molar-refractivity contribution >= 4 is 22.4 Å². The lowest BCUT2D eigenvalue weighted by atomic mass is 10.3. The summed E-state index contributed by atoms with van der Waals surface area (Å²) in [6, 6.07) is 9.61. The zero-order chi connectivity index (χ0) is 16.9. The SMILES string of the molecule is Cc1nc(N2CCN(C(=O)CCOc3ccccc3)CC2)sc1C. The smallest absolute Gasteiger partial charge is 0.226 e. The molecule has 0 spiro atoms. The molecule has 0 N–H and O–H groups in total. The molecule has 1 aromatic carbocycles. The minimum absolute atomic E-state index is 0.164. The predicted octanol–water partition coefficient (Wildman–Crippen LogP) is 2.88. The number of aromatic nitrogens is 1. The molecule has 0 atom stereocenters. The van der Waals surface area contributed by atoms with Crippen molar-refractivity contribution in [3.63, 3.8) is 0 Å². The molecule has 24 heavy (non-hydrogen) atoms. The summed E-state index contributed by atoms with van der Waals surface area (Å²) in [4.78, 5) is 22.4. The summed E-state index contributed by atoms with van der Waals surface area (Å²) < 4.78 is 5.61. The summed E-state index contributed by atoms with van der Waals surface area (Å²) in [6.07, 6.45) is 0.421. The van der Waals surface area contributed by atoms with Gasteiger partial charge in [0.25, 0.3) is 0 Å². The first-order valence-electron chi connectivity index (χ1n) is 8.28. The fourth-order valence-electron chi connectivity index (χ4n) is 2.67. The van der Waals surface area contributed by atoms with Crippen LogP contribution in [0.5, 0.6) is 5.75 Å². The molecule has 6 heteroatoms. The summed E-state index contributed by atoms with van der Waals surface area (Å²) in [5.41, 5.74) is 1.10. The number of piperazine rings is 1. The Labute approximate surface area is 146 Å². The van der Waals surface area contributed by atoms with Gasteiger partial charge in [-0.2, -0.15) is 0 Å². The van der Waals surface area contributed by atoms with Crippen LogP contribution in [0.3, 0.4) is 0 Å². The number of para-hydroxylation sites is 1. The lowest BCUT2D eigenvalue weighted by molar-refractivity contribution is -0.132. The van der Waals surface area contributed by atoms with E-state index in [-0.39, 0.29) is 5.91 Å². The van der Waals surface area contributed by atoms with Gasteiger partial charge in [-0.1, -0.05) is 18.2 Å². The number of benzene rings is 1. The number of ether oxygens (including phenoxy) is 1. The number of aryl methyl sites for hydroxylation is 2. The van der Waals surface area contributed by atoms with Crippen molar-refractivity contribution < 1.29 is 9.53 Å². The van der Waals surface area contributed by atoms with Crippen LogP contribution < -0.4 is 9.64 Å². The van der Waals surface area contributed by atoms with Gasteiger partial charge in [0.05, 0.1) is 18.7 Å². The maximum atomic E-state index is 12.3. The van der Waals surface area contributed by atoms with Crippen LogP contribution in [0.1, 0.15) is 17.0 Å². The maximum absolute atomic E-state index is 12.3. The third kappa shape index (κ3) is 4.06. The van der Waals surface area contributed by atoms with Gasteiger partial charge in [0, 0.05) is 31.1 Å². The van der Waals surface area contributed by atoms with Gasteiger partial charge in [0.1, 0.15) is 5.75 Å². The van der Waals surface area contributed by atoms with Crippen LogP contribution in [-0.4, -0.2) is 48.6 Å². The van der Waals surface area contributed by atoms with E-state index in [0.29, 0.717) is 13.0 Å². The third-order valence-corrected chi connectivity index (χ3v) is 5.38. The Hall–Kier alpha value is -2.08. The Morgan fingerprint density at radius 2 is 1.88 bits per heavy atom. The summed E-state index contributed by atoms with van der Waals surface area (Å²) in [6.45, 7) is 7.76. The molecule has 2 aromatic rings. The number of amides is 1. The van der Waals surface area contributed by atoms with Gasteiger partial charge in [-0.25, -0.2) is 4.98 Å². The minimum atomic E-state index is 0.164. The second-order valence-corrected chi connectivity index (χ2v) is 7.10. The molecule has 3 rings (SSSR count). The van der Waals surface area contributed by atoms with Crippen molar-refractivity contribution in [2.45, 2.75) is 20.3 Å². The van der Waals surface area contributed by atoms with Gasteiger partial charge < -0.3 is 14.5 Å². The van der Waals surface area contributed by atoms with Crippen molar-refractivity contribution in [1.29, 1.82) is 0 Å². The molecule has 1 aromatic heterocycles. The number of anilines is 1. The molecule has 0 saturated carbocycles. The number of rotatable bonds is 5. The van der Waals surface area contributed by atoms with Gasteiger partial charge in [-0.15, -0.1) is 11.3 Å². The largest absolute Gasteiger partial charge is 0.493 e. The van der Waals surface area contributed by atoms with E-state index in [1.165, 1.54) is 4.88 Å². The molecule has 5 nitrogen and oxygen atoms in total. The normalized spacial score (nSPS) is 14.8. The molecular formula is C18H23N3O2S. The van der Waals surface area contributed by atoms with Gasteiger partial charge >= 0.3 is 0 Å². The minimum Gasteiger partial charge on any atom is -0.493 e. The van der Waals surface area contributed by atoms with Crippen molar-refractivity contribution in [3.8, 4) is 5.75 Å². The lowest BCUT2D eigenvalue weighted by Gasteiger charge is -2.34. The molecule has 0 bridgehead atoms. The van der Waals surface area contributed by atoms with Crippen LogP contribution in [-0.2, 0) is 4.79 Å². The van der Waals surface area contributed by atoms with E-state index in [1.54, 1.807) is 11.3 Å². The first-order chi connectivity index (χ1) is 11.6. The van der Waals surface area contributed by atoms with E-state index in [2.05, 4.69) is 16.8 Å². The van der Waals surface area contributed by atoms with E-state index in [4.69, 9.17) is 4.74 Å². The average Bonchev–Trinajstić information content (AvgIpc) is 2.95. The summed E-state index contributed by atoms with van der Waals surface area (Å²) in [7, 11) is 0. The number of carbonyl (C=O) groups excluding carboxylic acids is 1. The third-order valence-electron chi connectivity index (χ3n) is 4.25. The highest BCUT2D eigenvalue weighted by molar-refractivity contribution is 7.15. The molecule has 2 heterocycles. The zero-order valence-corrected chi connectivity index (χ0v) is 15.0. The van der Waals surface area contributed by atoms with E-state index >= 15 is 0 Å². The standard InChI is InChI=1S/C18H23N3O2S/c1-14-15(2)24-18(19-14)21-11-9-20(10-12-21)17(22)8-13-23-16-6-4-3-5-7-16/h3-7H,8-13H2,1-2H3. The van der Waals surface area contributed by atoms with Crippen molar-refractivity contribution in [3.05, 3.63) is 40.9 Å². The molecule has 0 aliphatic carbocycles. The second kappa shape index (κ2) is 7.66. The quantitative estimate of drug-likeness (QED) is 0.836. The van der Waals surface area contributed by atoms with Gasteiger partial charge in [0.15, 0.2) is 5.13 Å². The summed E-state index contributed by atoms with van der Waals surface area (Å²) >= 11 is 1.73. The fraction of sp³-hybridized carbons (Fsp3) is 0.444. The maximum Gasteiger partial charge on any atom is 0.226 e. The van der Waals surface area contributed by atoms with Crippen LogP contribution in [0.4, 0.5) is 5.13 Å². The summed E-state index contributed by atoms with van der Waals surface area (Å²) in [5.74, 6) is 0.974. The van der Waals surface area contributed by atoms with E-state index < -0.39 is 0 Å². The average molecular weight is 345 g/mol. The Morgan fingerprint density at radius 3 is 2.50 bits per heavy atom. The van der Waals surface area contributed by atoms with Gasteiger partial charge in [-0.3, -0.25) is 4.79 Å².